The summed E-state index contributed by atoms with van der Waals surface area (Å²) in [5, 5.41) is 0. The summed E-state index contributed by atoms with van der Waals surface area (Å²) in [6.07, 6.45) is 16.2. The van der Waals surface area contributed by atoms with Crippen molar-refractivity contribution in [3.05, 3.63) is 0 Å². The van der Waals surface area contributed by atoms with Crippen molar-refractivity contribution in [1.29, 1.82) is 0 Å². The molecule has 1 saturated heterocycles. The molecule has 5 rings (SSSR count). The average molecular weight is 456 g/mol. The number of nitrogens with zero attached hydrogens (tertiary/aromatic N) is 1. The van der Waals surface area contributed by atoms with Gasteiger partial charge in [-0.15, -0.1) is 0 Å². The molecular weight excluding hydrogens is 402 g/mol. The number of likely N-dealkylation sites (tertiary alicyclic amines) is 1. The molecule has 10 unspecified atom stereocenters. The van der Waals surface area contributed by atoms with Crippen LogP contribution in [0.25, 0.3) is 0 Å². The van der Waals surface area contributed by atoms with E-state index in [-0.39, 0.29) is 0 Å². The van der Waals surface area contributed by atoms with Gasteiger partial charge in [-0.1, -0.05) is 67.2 Å². The monoisotopic (exact) mass is 455 g/mol. The Morgan fingerprint density at radius 3 is 2.36 bits per heavy atom. The highest BCUT2D eigenvalue weighted by Gasteiger charge is 2.73. The second-order valence-corrected chi connectivity index (χ2v) is 14.5. The molecule has 0 N–H and O–H groups in total. The van der Waals surface area contributed by atoms with Crippen molar-refractivity contribution in [2.45, 2.75) is 125 Å². The Bertz CT molecular complexity index is 760. The van der Waals surface area contributed by atoms with Crippen LogP contribution in [-0.4, -0.2) is 23.9 Å². The second-order valence-electron chi connectivity index (χ2n) is 14.5. The van der Waals surface area contributed by atoms with Crippen molar-refractivity contribution in [3.8, 4) is 0 Å². The minimum atomic E-state index is 0.349. The smallest absolute Gasteiger partial charge is 0.222 e. The van der Waals surface area contributed by atoms with Gasteiger partial charge in [0.1, 0.15) is 0 Å². The molecule has 4 saturated carbocycles. The van der Waals surface area contributed by atoms with Gasteiger partial charge in [-0.2, -0.15) is 0 Å². The lowest BCUT2D eigenvalue weighted by Gasteiger charge is -2.65. The van der Waals surface area contributed by atoms with Gasteiger partial charge in [0.05, 0.1) is 0 Å². The van der Waals surface area contributed by atoms with E-state index in [4.69, 9.17) is 0 Å². The highest BCUT2D eigenvalue weighted by molar-refractivity contribution is 5.77. The van der Waals surface area contributed by atoms with E-state index in [9.17, 15) is 4.79 Å². The Morgan fingerprint density at radius 2 is 1.70 bits per heavy atom. The van der Waals surface area contributed by atoms with E-state index in [1.54, 1.807) is 0 Å². The highest BCUT2D eigenvalue weighted by atomic mass is 16.2. The summed E-state index contributed by atoms with van der Waals surface area (Å²) in [5.41, 5.74) is 1.46. The molecule has 0 bridgehead atoms. The molecule has 1 heterocycles. The molecule has 0 radical (unpaired) electrons. The van der Waals surface area contributed by atoms with E-state index in [2.05, 4.69) is 53.5 Å². The molecular formula is C31H53NO. The number of amides is 1. The lowest BCUT2D eigenvalue weighted by atomic mass is 9.42. The van der Waals surface area contributed by atoms with Gasteiger partial charge < -0.3 is 4.90 Å². The first kappa shape index (κ1) is 24.2. The third-order valence-electron chi connectivity index (χ3n) is 12.8. The number of rotatable bonds is 6. The highest BCUT2D eigenvalue weighted by Crippen LogP contribution is 2.78. The molecule has 10 atom stereocenters. The minimum absolute atomic E-state index is 0.349. The zero-order chi connectivity index (χ0) is 23.8. The van der Waals surface area contributed by atoms with Crippen LogP contribution in [-0.2, 0) is 4.79 Å². The summed E-state index contributed by atoms with van der Waals surface area (Å²) in [4.78, 5) is 15.0. The van der Waals surface area contributed by atoms with Crippen molar-refractivity contribution < 1.29 is 4.79 Å². The van der Waals surface area contributed by atoms with Crippen LogP contribution in [0.1, 0.15) is 119 Å². The summed E-state index contributed by atoms with van der Waals surface area (Å²) in [7, 11) is 2.14. The van der Waals surface area contributed by atoms with Crippen LogP contribution in [0.2, 0.25) is 0 Å². The number of carbonyl (C=O) groups excluding carboxylic acids is 1. The van der Waals surface area contributed by atoms with Crippen molar-refractivity contribution in [2.75, 3.05) is 7.05 Å². The molecule has 1 amide bonds. The fourth-order valence-corrected chi connectivity index (χ4v) is 10.9. The third-order valence-corrected chi connectivity index (χ3v) is 12.8. The summed E-state index contributed by atoms with van der Waals surface area (Å²) >= 11 is 0. The van der Waals surface area contributed by atoms with Gasteiger partial charge in [-0.25, -0.2) is 0 Å². The molecule has 2 nitrogen and oxygen atoms in total. The van der Waals surface area contributed by atoms with Crippen LogP contribution in [0.3, 0.4) is 0 Å². The van der Waals surface area contributed by atoms with Gasteiger partial charge in [-0.05, 0) is 103 Å². The Kier molecular flexibility index (Phi) is 6.05. The molecule has 5 fully saturated rings. The van der Waals surface area contributed by atoms with Crippen molar-refractivity contribution in [1.82, 2.24) is 4.90 Å². The summed E-state index contributed by atoms with van der Waals surface area (Å²) in [6, 6.07) is 0.494. The number of hydrogen-bond acceptors (Lipinski definition) is 1. The molecule has 188 valence electrons. The standard InChI is InChI=1S/C31H53NO/c1-8-22-18-31(22)19-26-30(6,17-15-27(33)32(26)7)25-14-16-29(5)23(12-13-24(29)28(25)31)21(4)11-9-10-20(2)3/h20-26,28H,8-19H2,1-7H3. The lowest BCUT2D eigenvalue weighted by molar-refractivity contribution is -0.175. The minimum Gasteiger partial charge on any atom is -0.342 e. The number of carbonyl (C=O) groups is 1. The Balaban J connectivity index is 1.43. The average Bonchev–Trinajstić information content (AvgIpc) is 3.35. The molecule has 1 spiro atoms. The molecule has 0 aromatic heterocycles. The lowest BCUT2D eigenvalue weighted by Crippen LogP contribution is -2.64. The molecule has 33 heavy (non-hydrogen) atoms. The van der Waals surface area contributed by atoms with Gasteiger partial charge in [0, 0.05) is 19.5 Å². The Labute approximate surface area is 205 Å². The largest absolute Gasteiger partial charge is 0.342 e. The van der Waals surface area contributed by atoms with Crippen molar-refractivity contribution in [3.63, 3.8) is 0 Å². The van der Waals surface area contributed by atoms with E-state index in [1.807, 2.05) is 0 Å². The first-order valence-corrected chi connectivity index (χ1v) is 14.8. The first-order chi connectivity index (χ1) is 15.6. The van der Waals surface area contributed by atoms with Crippen LogP contribution in [0.4, 0.5) is 0 Å². The summed E-state index contributed by atoms with van der Waals surface area (Å²) in [6.45, 7) is 15.2. The van der Waals surface area contributed by atoms with Gasteiger partial charge >= 0.3 is 0 Å². The molecule has 1 aliphatic heterocycles. The molecule has 4 aliphatic carbocycles. The van der Waals surface area contributed by atoms with Gasteiger partial charge in [0.25, 0.3) is 0 Å². The third kappa shape index (κ3) is 3.49. The van der Waals surface area contributed by atoms with Crippen LogP contribution in [0.5, 0.6) is 0 Å². The van der Waals surface area contributed by atoms with Gasteiger partial charge in [0.2, 0.25) is 5.91 Å². The topological polar surface area (TPSA) is 20.3 Å². The maximum atomic E-state index is 12.7. The number of fused-ring (bicyclic) bond motifs is 6. The van der Waals surface area contributed by atoms with E-state index < -0.39 is 0 Å². The predicted octanol–water partition coefficient (Wildman–Crippen LogP) is 7.95. The number of piperidine rings is 1. The van der Waals surface area contributed by atoms with E-state index in [0.717, 1.165) is 54.3 Å². The van der Waals surface area contributed by atoms with Gasteiger partial charge in [0.15, 0.2) is 0 Å². The molecule has 0 aromatic carbocycles. The fraction of sp³-hybridized carbons (Fsp3) is 0.968. The molecule has 0 aromatic rings. The maximum absolute atomic E-state index is 12.7. The summed E-state index contributed by atoms with van der Waals surface area (Å²) < 4.78 is 0. The maximum Gasteiger partial charge on any atom is 0.222 e. The van der Waals surface area contributed by atoms with E-state index in [1.165, 1.54) is 64.2 Å². The van der Waals surface area contributed by atoms with Crippen LogP contribution >= 0.6 is 0 Å². The van der Waals surface area contributed by atoms with Crippen molar-refractivity contribution in [2.24, 2.45) is 57.7 Å². The normalized spacial score (nSPS) is 49.7. The second kappa shape index (κ2) is 8.26. The first-order valence-electron chi connectivity index (χ1n) is 14.8. The van der Waals surface area contributed by atoms with E-state index >= 15 is 0 Å². The SMILES string of the molecule is CCC1CC12CC1N(C)C(=O)CCC1(C)C1CCC3(C)C(C(C)CCCC(C)C)CCC3C12. The zero-order valence-corrected chi connectivity index (χ0v) is 23.0. The van der Waals surface area contributed by atoms with Gasteiger partial charge in [-0.3, -0.25) is 4.79 Å². The Morgan fingerprint density at radius 1 is 0.970 bits per heavy atom. The van der Waals surface area contributed by atoms with Crippen LogP contribution in [0.15, 0.2) is 0 Å². The Hall–Kier alpha value is -0.530. The molecule has 5 aliphatic rings. The van der Waals surface area contributed by atoms with Crippen molar-refractivity contribution >= 4 is 5.91 Å². The molecule has 2 heteroatoms. The zero-order valence-electron chi connectivity index (χ0n) is 23.0. The van der Waals surface area contributed by atoms with E-state index in [0.29, 0.717) is 28.2 Å². The van der Waals surface area contributed by atoms with Crippen LogP contribution in [0, 0.1) is 57.7 Å². The van der Waals surface area contributed by atoms with Crippen LogP contribution < -0.4 is 0 Å². The fourth-order valence-electron chi connectivity index (χ4n) is 10.9. The summed E-state index contributed by atoms with van der Waals surface area (Å²) in [5.74, 6) is 6.71. The quantitative estimate of drug-likeness (QED) is 0.398. The number of hydrogen-bond donors (Lipinski definition) is 0. The predicted molar refractivity (Wildman–Crippen MR) is 138 cm³/mol.